The molecule has 22 heavy (non-hydrogen) atoms. The summed E-state index contributed by atoms with van der Waals surface area (Å²) in [4.78, 5) is 16.4. The second kappa shape index (κ2) is 6.16. The van der Waals surface area contributed by atoms with Crippen LogP contribution in [0.3, 0.4) is 0 Å². The van der Waals surface area contributed by atoms with Crippen molar-refractivity contribution in [3.63, 3.8) is 0 Å². The van der Waals surface area contributed by atoms with Crippen molar-refractivity contribution in [3.8, 4) is 5.75 Å². The topological polar surface area (TPSA) is 42.0 Å². The summed E-state index contributed by atoms with van der Waals surface area (Å²) in [7, 11) is 5.67. The summed E-state index contributed by atoms with van der Waals surface area (Å²) in [6, 6.07) is 6.00. The Balaban J connectivity index is 2.29. The van der Waals surface area contributed by atoms with Gasteiger partial charge in [-0.05, 0) is 58.1 Å². The standard InChI is InChI=1S/C17H26N2O3/c1-17(2,3)22-16(20)19-10-12-9-13(21-6)7-8-14(12)15(19)11-18(4)5/h7-9,15H,10-11H2,1-6H3/t15-/m0/s1. The van der Waals surface area contributed by atoms with E-state index >= 15 is 0 Å². The van der Waals surface area contributed by atoms with Gasteiger partial charge < -0.3 is 14.4 Å². The Kier molecular flexibility index (Phi) is 4.66. The van der Waals surface area contributed by atoms with Crippen LogP contribution in [-0.4, -0.2) is 49.2 Å². The molecule has 0 N–H and O–H groups in total. The van der Waals surface area contributed by atoms with Gasteiger partial charge in [0.25, 0.3) is 0 Å². The van der Waals surface area contributed by atoms with E-state index < -0.39 is 5.60 Å². The molecule has 1 heterocycles. The maximum absolute atomic E-state index is 12.5. The lowest BCUT2D eigenvalue weighted by atomic mass is 10.0. The molecule has 1 amide bonds. The predicted molar refractivity (Wildman–Crippen MR) is 86.1 cm³/mol. The van der Waals surface area contributed by atoms with E-state index in [1.165, 1.54) is 5.56 Å². The molecule has 122 valence electrons. The Hall–Kier alpha value is -1.75. The van der Waals surface area contributed by atoms with Crippen LogP contribution >= 0.6 is 0 Å². The summed E-state index contributed by atoms with van der Waals surface area (Å²) < 4.78 is 10.8. The Morgan fingerprint density at radius 2 is 2.05 bits per heavy atom. The average Bonchev–Trinajstić information content (AvgIpc) is 2.74. The number of nitrogens with zero attached hydrogens (tertiary/aromatic N) is 2. The van der Waals surface area contributed by atoms with Crippen molar-refractivity contribution in [2.75, 3.05) is 27.7 Å². The molecule has 0 aliphatic carbocycles. The minimum absolute atomic E-state index is 0.00533. The first kappa shape index (κ1) is 16.6. The zero-order chi connectivity index (χ0) is 16.5. The fraction of sp³-hybridized carbons (Fsp3) is 0.588. The van der Waals surface area contributed by atoms with Crippen molar-refractivity contribution >= 4 is 6.09 Å². The van der Waals surface area contributed by atoms with E-state index in [4.69, 9.17) is 9.47 Å². The molecule has 1 aromatic carbocycles. The van der Waals surface area contributed by atoms with Crippen LogP contribution in [0.2, 0.25) is 0 Å². The number of hydrogen-bond donors (Lipinski definition) is 0. The highest BCUT2D eigenvalue weighted by Gasteiger charge is 2.36. The molecule has 0 fully saturated rings. The molecule has 5 heteroatoms. The van der Waals surface area contributed by atoms with Crippen LogP contribution in [0, 0.1) is 0 Å². The van der Waals surface area contributed by atoms with Gasteiger partial charge in [-0.15, -0.1) is 0 Å². The van der Waals surface area contributed by atoms with E-state index in [1.54, 1.807) is 12.0 Å². The van der Waals surface area contributed by atoms with Crippen LogP contribution in [0.4, 0.5) is 4.79 Å². The third-order valence-electron chi connectivity index (χ3n) is 3.59. The van der Waals surface area contributed by atoms with Gasteiger partial charge in [0.2, 0.25) is 0 Å². The second-order valence-corrected chi connectivity index (χ2v) is 6.95. The van der Waals surface area contributed by atoms with Crippen molar-refractivity contribution in [2.24, 2.45) is 0 Å². The zero-order valence-electron chi connectivity index (χ0n) is 14.3. The SMILES string of the molecule is COc1ccc2c(c1)CN(C(=O)OC(C)(C)C)[C@H]2CN(C)C. The predicted octanol–water partition coefficient (Wildman–Crippen LogP) is 3.05. The number of rotatable bonds is 3. The van der Waals surface area contributed by atoms with Crippen molar-refractivity contribution in [2.45, 2.75) is 39.0 Å². The van der Waals surface area contributed by atoms with E-state index in [0.717, 1.165) is 17.9 Å². The van der Waals surface area contributed by atoms with Crippen LogP contribution in [0.5, 0.6) is 5.75 Å². The van der Waals surface area contributed by atoms with E-state index in [1.807, 2.05) is 53.1 Å². The Labute approximate surface area is 132 Å². The molecule has 0 aromatic heterocycles. The molecule has 1 atom stereocenters. The first-order valence-corrected chi connectivity index (χ1v) is 7.52. The number of ether oxygens (including phenoxy) is 2. The van der Waals surface area contributed by atoms with Crippen LogP contribution < -0.4 is 4.74 Å². The lowest BCUT2D eigenvalue weighted by Crippen LogP contribution is -2.38. The number of methoxy groups -OCH3 is 1. The minimum atomic E-state index is -0.494. The highest BCUT2D eigenvalue weighted by atomic mass is 16.6. The molecule has 0 unspecified atom stereocenters. The van der Waals surface area contributed by atoms with Crippen molar-refractivity contribution < 1.29 is 14.3 Å². The lowest BCUT2D eigenvalue weighted by Gasteiger charge is -2.30. The van der Waals surface area contributed by atoms with Gasteiger partial charge in [0, 0.05) is 6.54 Å². The molecule has 1 aromatic rings. The van der Waals surface area contributed by atoms with E-state index in [2.05, 4.69) is 4.90 Å². The van der Waals surface area contributed by atoms with Gasteiger partial charge in [-0.1, -0.05) is 6.07 Å². The molecule has 0 spiro atoms. The molecule has 2 rings (SSSR count). The molecular formula is C17H26N2O3. The summed E-state index contributed by atoms with van der Waals surface area (Å²) in [6.07, 6.45) is -0.269. The maximum Gasteiger partial charge on any atom is 0.411 e. The molecule has 0 bridgehead atoms. The van der Waals surface area contributed by atoms with Gasteiger partial charge in [-0.2, -0.15) is 0 Å². The lowest BCUT2D eigenvalue weighted by molar-refractivity contribution is 0.0150. The average molecular weight is 306 g/mol. The van der Waals surface area contributed by atoms with E-state index in [9.17, 15) is 4.79 Å². The number of hydrogen-bond acceptors (Lipinski definition) is 4. The highest BCUT2D eigenvalue weighted by molar-refractivity contribution is 5.70. The molecule has 0 radical (unpaired) electrons. The normalized spacial score (nSPS) is 17.6. The highest BCUT2D eigenvalue weighted by Crippen LogP contribution is 2.37. The van der Waals surface area contributed by atoms with Crippen molar-refractivity contribution in [1.29, 1.82) is 0 Å². The largest absolute Gasteiger partial charge is 0.497 e. The molecule has 5 nitrogen and oxygen atoms in total. The summed E-state index contributed by atoms with van der Waals surface area (Å²) in [5, 5.41) is 0. The van der Waals surface area contributed by atoms with E-state index in [0.29, 0.717) is 6.54 Å². The summed E-state index contributed by atoms with van der Waals surface area (Å²) in [6.45, 7) is 6.98. The third-order valence-corrected chi connectivity index (χ3v) is 3.59. The number of likely N-dealkylation sites (N-methyl/N-ethyl adjacent to an activating group) is 1. The smallest absolute Gasteiger partial charge is 0.411 e. The van der Waals surface area contributed by atoms with Crippen molar-refractivity contribution in [1.82, 2.24) is 9.80 Å². The number of fused-ring (bicyclic) bond motifs is 1. The molecular weight excluding hydrogens is 280 g/mol. The van der Waals surface area contributed by atoms with Crippen LogP contribution in [0.1, 0.15) is 37.9 Å². The fourth-order valence-corrected chi connectivity index (χ4v) is 2.69. The number of carbonyl (C=O) groups is 1. The zero-order valence-corrected chi connectivity index (χ0v) is 14.3. The Morgan fingerprint density at radius 3 is 2.59 bits per heavy atom. The second-order valence-electron chi connectivity index (χ2n) is 6.95. The Morgan fingerprint density at radius 1 is 1.36 bits per heavy atom. The van der Waals surface area contributed by atoms with Gasteiger partial charge in [0.05, 0.1) is 19.7 Å². The van der Waals surface area contributed by atoms with Gasteiger partial charge in [0.15, 0.2) is 0 Å². The molecule has 0 saturated carbocycles. The summed E-state index contributed by atoms with van der Waals surface area (Å²) in [5.41, 5.74) is 1.80. The van der Waals surface area contributed by atoms with Crippen molar-refractivity contribution in [3.05, 3.63) is 29.3 Å². The minimum Gasteiger partial charge on any atom is -0.497 e. The summed E-state index contributed by atoms with van der Waals surface area (Å²) in [5.74, 6) is 0.813. The molecule has 1 aliphatic rings. The van der Waals surface area contributed by atoms with Crippen LogP contribution in [-0.2, 0) is 11.3 Å². The number of amides is 1. The number of carbonyl (C=O) groups excluding carboxylic acids is 1. The number of benzene rings is 1. The third kappa shape index (κ3) is 3.71. The van der Waals surface area contributed by atoms with E-state index in [-0.39, 0.29) is 12.1 Å². The van der Waals surface area contributed by atoms with Gasteiger partial charge in [0.1, 0.15) is 11.4 Å². The molecule has 0 saturated heterocycles. The fourth-order valence-electron chi connectivity index (χ4n) is 2.69. The van der Waals surface area contributed by atoms with Gasteiger partial charge in [-0.3, -0.25) is 4.90 Å². The summed E-state index contributed by atoms with van der Waals surface area (Å²) >= 11 is 0. The van der Waals surface area contributed by atoms with Gasteiger partial charge >= 0.3 is 6.09 Å². The maximum atomic E-state index is 12.5. The molecule has 1 aliphatic heterocycles. The van der Waals surface area contributed by atoms with Gasteiger partial charge in [-0.25, -0.2) is 4.79 Å². The first-order valence-electron chi connectivity index (χ1n) is 7.52. The Bertz CT molecular complexity index is 549. The monoisotopic (exact) mass is 306 g/mol. The quantitative estimate of drug-likeness (QED) is 0.861. The van der Waals surface area contributed by atoms with Crippen LogP contribution in [0.15, 0.2) is 18.2 Å². The van der Waals surface area contributed by atoms with Crippen LogP contribution in [0.25, 0.3) is 0 Å². The first-order chi connectivity index (χ1) is 10.2.